The summed E-state index contributed by atoms with van der Waals surface area (Å²) in [6.45, 7) is 10.6. The number of benzene rings is 1. The highest BCUT2D eigenvalue weighted by atomic mass is 16.5. The van der Waals surface area contributed by atoms with E-state index in [-0.39, 0.29) is 11.5 Å². The molecule has 1 saturated carbocycles. The van der Waals surface area contributed by atoms with Crippen LogP contribution >= 0.6 is 0 Å². The van der Waals surface area contributed by atoms with Crippen LogP contribution in [0.4, 0.5) is 0 Å². The van der Waals surface area contributed by atoms with Crippen molar-refractivity contribution in [2.45, 2.75) is 47.0 Å². The molecule has 32 heavy (non-hydrogen) atoms. The first-order valence-electron chi connectivity index (χ1n) is 11.5. The van der Waals surface area contributed by atoms with Gasteiger partial charge in [0.05, 0.1) is 31.5 Å². The van der Waals surface area contributed by atoms with Crippen molar-refractivity contribution in [3.8, 4) is 17.6 Å². The van der Waals surface area contributed by atoms with E-state index in [9.17, 15) is 4.79 Å². The molecule has 0 bridgehead atoms. The molecule has 2 unspecified atom stereocenters. The summed E-state index contributed by atoms with van der Waals surface area (Å²) in [5, 5.41) is 17.6. The molecule has 6 heteroatoms. The molecule has 1 saturated heterocycles. The maximum Gasteiger partial charge on any atom is 0.195 e. The maximum atomic E-state index is 12.0. The van der Waals surface area contributed by atoms with Crippen molar-refractivity contribution in [2.75, 3.05) is 26.7 Å². The molecule has 1 aliphatic carbocycles. The number of ether oxygens (including phenoxy) is 1. The number of carbonyl (C=O) groups excluding carboxylic acids is 1. The topological polar surface area (TPSA) is 86.5 Å². The highest BCUT2D eigenvalue weighted by molar-refractivity contribution is 5.95. The third-order valence-corrected chi connectivity index (χ3v) is 5.40. The third kappa shape index (κ3) is 8.32. The van der Waals surface area contributed by atoms with E-state index in [0.29, 0.717) is 17.8 Å². The molecule has 0 amide bonds. The molecule has 1 N–H and O–H groups in total. The first-order valence-corrected chi connectivity index (χ1v) is 11.5. The van der Waals surface area contributed by atoms with E-state index in [4.69, 9.17) is 15.1 Å². The molecule has 1 aromatic carbocycles. The van der Waals surface area contributed by atoms with Crippen LogP contribution in [0.1, 0.15) is 63.0 Å². The van der Waals surface area contributed by atoms with E-state index in [2.05, 4.69) is 9.88 Å². The number of pyridine rings is 1. The van der Waals surface area contributed by atoms with Crippen LogP contribution < -0.4 is 4.74 Å². The zero-order valence-corrected chi connectivity index (χ0v) is 20.0. The SMILES string of the molecule is CC.CC.COc1cccc(C#N)c1.O=C(CN1CC2CCCC2C1)c1ccc(O)cn1. The minimum absolute atomic E-state index is 0.0509. The van der Waals surface area contributed by atoms with Gasteiger partial charge in [0.2, 0.25) is 0 Å². The number of carbonyl (C=O) groups is 1. The number of aromatic hydroxyl groups is 1. The van der Waals surface area contributed by atoms with Crippen molar-refractivity contribution in [1.29, 1.82) is 5.26 Å². The van der Waals surface area contributed by atoms with Crippen LogP contribution in [0.25, 0.3) is 0 Å². The van der Waals surface area contributed by atoms with Crippen LogP contribution in [0, 0.1) is 23.2 Å². The number of hydrogen-bond acceptors (Lipinski definition) is 6. The van der Waals surface area contributed by atoms with Crippen molar-refractivity contribution in [3.63, 3.8) is 0 Å². The Morgan fingerprint density at radius 2 is 1.81 bits per heavy atom. The Labute approximate surface area is 192 Å². The van der Waals surface area contributed by atoms with Gasteiger partial charge in [0.1, 0.15) is 17.2 Å². The summed E-state index contributed by atoms with van der Waals surface area (Å²) in [5.41, 5.74) is 1.07. The van der Waals surface area contributed by atoms with Gasteiger partial charge in [0.15, 0.2) is 5.78 Å². The fourth-order valence-corrected chi connectivity index (χ4v) is 3.99. The number of hydrogen-bond donors (Lipinski definition) is 1. The van der Waals surface area contributed by atoms with Gasteiger partial charge in [-0.2, -0.15) is 5.26 Å². The number of aromatic nitrogens is 1. The van der Waals surface area contributed by atoms with Crippen LogP contribution in [-0.4, -0.2) is 47.5 Å². The second-order valence-electron chi connectivity index (χ2n) is 7.31. The van der Waals surface area contributed by atoms with Gasteiger partial charge in [-0.15, -0.1) is 0 Å². The Morgan fingerprint density at radius 3 is 2.34 bits per heavy atom. The van der Waals surface area contributed by atoms with E-state index in [1.54, 1.807) is 37.4 Å². The lowest BCUT2D eigenvalue weighted by molar-refractivity contribution is 0.0936. The van der Waals surface area contributed by atoms with Gasteiger partial charge in [-0.3, -0.25) is 9.69 Å². The van der Waals surface area contributed by atoms with Gasteiger partial charge in [-0.05, 0) is 55.0 Å². The minimum Gasteiger partial charge on any atom is -0.506 e. The normalized spacial score (nSPS) is 18.4. The average Bonchev–Trinajstić information content (AvgIpc) is 3.44. The number of rotatable bonds is 4. The number of fused-ring (bicyclic) bond motifs is 1. The summed E-state index contributed by atoms with van der Waals surface area (Å²) >= 11 is 0. The standard InChI is InChI=1S/C14H18N2O2.C8H7NO.2C2H6/c17-12-4-5-13(15-6-12)14(18)9-16-7-10-2-1-3-11(10)8-16;1-10-8-4-2-3-7(5-8)6-9;2*1-2/h4-6,10-11,17H,1-3,7-9H2;2-5H,1H3;2*1-2H3. The Hall–Kier alpha value is -2.91. The highest BCUT2D eigenvalue weighted by Crippen LogP contribution is 2.37. The number of nitriles is 1. The average molecular weight is 440 g/mol. The first kappa shape index (κ1) is 27.1. The maximum absolute atomic E-state index is 12.0. The smallest absolute Gasteiger partial charge is 0.195 e. The number of nitrogens with zero attached hydrogens (tertiary/aromatic N) is 3. The van der Waals surface area contributed by atoms with E-state index >= 15 is 0 Å². The summed E-state index contributed by atoms with van der Waals surface area (Å²) in [5.74, 6) is 2.49. The molecule has 2 heterocycles. The van der Waals surface area contributed by atoms with Crippen LogP contribution in [0.15, 0.2) is 42.6 Å². The first-order chi connectivity index (χ1) is 15.6. The van der Waals surface area contributed by atoms with Gasteiger partial charge in [-0.25, -0.2) is 4.98 Å². The molecule has 2 aliphatic rings. The fourth-order valence-electron chi connectivity index (χ4n) is 3.99. The predicted octanol–water partition coefficient (Wildman–Crippen LogP) is 5.32. The molecule has 0 radical (unpaired) electrons. The van der Waals surface area contributed by atoms with Crippen LogP contribution in [0.5, 0.6) is 11.5 Å². The summed E-state index contributed by atoms with van der Waals surface area (Å²) in [4.78, 5) is 18.3. The lowest BCUT2D eigenvalue weighted by atomic mass is 10.0. The van der Waals surface area contributed by atoms with Crippen molar-refractivity contribution < 1.29 is 14.6 Å². The molecule has 6 nitrogen and oxygen atoms in total. The molecule has 2 aromatic rings. The third-order valence-electron chi connectivity index (χ3n) is 5.40. The van der Waals surface area contributed by atoms with Gasteiger partial charge in [-0.1, -0.05) is 40.2 Å². The van der Waals surface area contributed by atoms with Crippen molar-refractivity contribution >= 4 is 5.78 Å². The van der Waals surface area contributed by atoms with Gasteiger partial charge in [0.25, 0.3) is 0 Å². The zero-order valence-electron chi connectivity index (χ0n) is 20.0. The van der Waals surface area contributed by atoms with Gasteiger partial charge < -0.3 is 9.84 Å². The summed E-state index contributed by atoms with van der Waals surface area (Å²) < 4.78 is 4.91. The molecule has 2 fully saturated rings. The molecular formula is C26H37N3O3. The summed E-state index contributed by atoms with van der Waals surface area (Å²) in [7, 11) is 1.58. The molecule has 4 rings (SSSR count). The molecule has 2 atom stereocenters. The predicted molar refractivity (Wildman–Crippen MR) is 128 cm³/mol. The molecule has 1 aromatic heterocycles. The Bertz CT molecular complexity index is 834. The summed E-state index contributed by atoms with van der Waals surface area (Å²) in [6, 6.07) is 12.2. The van der Waals surface area contributed by atoms with Crippen LogP contribution in [0.3, 0.4) is 0 Å². The van der Waals surface area contributed by atoms with Crippen molar-refractivity contribution in [1.82, 2.24) is 9.88 Å². The quantitative estimate of drug-likeness (QED) is 0.649. The minimum atomic E-state index is 0.0509. The molecule has 1 aliphatic heterocycles. The lowest BCUT2D eigenvalue weighted by Gasteiger charge is -2.15. The number of likely N-dealkylation sites (tertiary alicyclic amines) is 1. The second-order valence-corrected chi connectivity index (χ2v) is 7.31. The van der Waals surface area contributed by atoms with Crippen LogP contribution in [0.2, 0.25) is 0 Å². The van der Waals surface area contributed by atoms with E-state index < -0.39 is 0 Å². The molecule has 174 valence electrons. The summed E-state index contributed by atoms with van der Waals surface area (Å²) in [6.07, 6.45) is 5.34. The Balaban J connectivity index is 0.000000312. The largest absolute Gasteiger partial charge is 0.506 e. The second kappa shape index (κ2) is 15.0. The monoisotopic (exact) mass is 439 g/mol. The van der Waals surface area contributed by atoms with Gasteiger partial charge in [0, 0.05) is 13.1 Å². The van der Waals surface area contributed by atoms with Gasteiger partial charge >= 0.3 is 0 Å². The number of methoxy groups -OCH3 is 1. The Morgan fingerprint density at radius 1 is 1.16 bits per heavy atom. The van der Waals surface area contributed by atoms with Crippen LogP contribution in [-0.2, 0) is 0 Å². The fraction of sp³-hybridized carbons (Fsp3) is 0.500. The number of Topliss-reactive ketones (excluding diaryl/α,β-unsaturated/α-hetero) is 1. The Kier molecular flexibility index (Phi) is 12.7. The van der Waals surface area contributed by atoms with Crippen molar-refractivity contribution in [2.24, 2.45) is 11.8 Å². The van der Waals surface area contributed by atoms with E-state index in [1.807, 2.05) is 33.8 Å². The highest BCUT2D eigenvalue weighted by Gasteiger charge is 2.36. The van der Waals surface area contributed by atoms with Crippen molar-refractivity contribution in [3.05, 3.63) is 53.9 Å². The van der Waals surface area contributed by atoms with E-state index in [0.717, 1.165) is 30.7 Å². The van der Waals surface area contributed by atoms with E-state index in [1.165, 1.54) is 31.5 Å². The zero-order chi connectivity index (χ0) is 23.9. The number of ketones is 1. The lowest BCUT2D eigenvalue weighted by Crippen LogP contribution is -2.29. The molecule has 0 spiro atoms. The molecular weight excluding hydrogens is 402 g/mol.